The molecule has 1 saturated carbocycles. The van der Waals surface area contributed by atoms with Gasteiger partial charge in [-0.1, -0.05) is 11.6 Å². The third kappa shape index (κ3) is 7.77. The first-order valence-corrected chi connectivity index (χ1v) is 14.2. The second kappa shape index (κ2) is 12.7. The number of rotatable bonds is 8. The summed E-state index contributed by atoms with van der Waals surface area (Å²) in [5.41, 5.74) is 4.25. The number of aliphatic hydroxyl groups excluding tert-OH is 1. The summed E-state index contributed by atoms with van der Waals surface area (Å²) in [5.74, 6) is 0. The molecule has 9 heteroatoms. The zero-order valence-electron chi connectivity index (χ0n) is 24.7. The molecule has 39 heavy (non-hydrogen) atoms. The Balaban J connectivity index is 1.73. The number of anilines is 1. The van der Waals surface area contributed by atoms with Crippen LogP contribution in [0, 0.1) is 20.8 Å². The molecule has 0 saturated heterocycles. The number of H-pyrrole nitrogens is 1. The molecular formula is C30H45ClN4O4. The fraction of sp³-hybridized carbons (Fsp3) is 0.600. The number of nitrogens with one attached hydrogen (secondary N) is 2. The minimum atomic E-state index is -0.987. The number of nitrogens with zero attached hydrogens (tertiary/aromatic N) is 2. The number of amides is 1. The standard InChI is InChI=1S/C30H45ClN4O4/c1-9-35(23-12-10-22(11-13-23)34(8)29(38)39-30(5,6)7)26-16-21(31)15-24(20(26)4)27(36)32-17-25-18(2)14-19(3)33-28(25)37/h14-16,22-23,27,32,36H,9-13,17H2,1-8H3,(H,33,37). The number of aliphatic hydroxyl groups is 1. The summed E-state index contributed by atoms with van der Waals surface area (Å²) in [7, 11) is 1.82. The van der Waals surface area contributed by atoms with E-state index in [1.807, 2.05) is 60.7 Å². The summed E-state index contributed by atoms with van der Waals surface area (Å²) < 4.78 is 5.56. The first-order valence-electron chi connectivity index (χ1n) is 13.8. The average molecular weight is 561 g/mol. The van der Waals surface area contributed by atoms with Crippen LogP contribution >= 0.6 is 11.6 Å². The van der Waals surface area contributed by atoms with Crippen molar-refractivity contribution in [3.63, 3.8) is 0 Å². The van der Waals surface area contributed by atoms with Gasteiger partial charge in [0, 0.05) is 59.8 Å². The molecule has 1 aliphatic rings. The molecule has 3 N–H and O–H groups in total. The van der Waals surface area contributed by atoms with E-state index in [-0.39, 0.29) is 24.2 Å². The minimum Gasteiger partial charge on any atom is -0.444 e. The van der Waals surface area contributed by atoms with Gasteiger partial charge in [-0.15, -0.1) is 0 Å². The number of aromatic nitrogens is 1. The molecule has 8 nitrogen and oxygen atoms in total. The monoisotopic (exact) mass is 560 g/mol. The molecule has 1 aliphatic carbocycles. The van der Waals surface area contributed by atoms with E-state index in [1.165, 1.54) is 0 Å². The van der Waals surface area contributed by atoms with Crippen LogP contribution in [0.15, 0.2) is 23.0 Å². The molecule has 1 aromatic heterocycles. The molecule has 216 valence electrons. The van der Waals surface area contributed by atoms with Gasteiger partial charge in [0.1, 0.15) is 11.8 Å². The number of carbonyl (C=O) groups is 1. The zero-order valence-corrected chi connectivity index (χ0v) is 25.4. The van der Waals surface area contributed by atoms with Crippen LogP contribution in [0.5, 0.6) is 0 Å². The number of hydrogen-bond donors (Lipinski definition) is 3. The highest BCUT2D eigenvalue weighted by molar-refractivity contribution is 6.31. The number of pyridine rings is 1. The lowest BCUT2D eigenvalue weighted by atomic mass is 9.88. The molecule has 1 atom stereocenters. The lowest BCUT2D eigenvalue weighted by molar-refractivity contribution is 0.0183. The van der Waals surface area contributed by atoms with Crippen LogP contribution in [0.1, 0.15) is 87.6 Å². The molecule has 0 aliphatic heterocycles. The first-order chi connectivity index (χ1) is 18.2. The van der Waals surface area contributed by atoms with Crippen LogP contribution < -0.4 is 15.8 Å². The summed E-state index contributed by atoms with van der Waals surface area (Å²) in [4.78, 5) is 31.9. The van der Waals surface area contributed by atoms with E-state index < -0.39 is 11.8 Å². The smallest absolute Gasteiger partial charge is 0.410 e. The Morgan fingerprint density at radius 3 is 2.33 bits per heavy atom. The van der Waals surface area contributed by atoms with E-state index >= 15 is 0 Å². The van der Waals surface area contributed by atoms with E-state index in [2.05, 4.69) is 22.1 Å². The summed E-state index contributed by atoms with van der Waals surface area (Å²) >= 11 is 6.56. The average Bonchev–Trinajstić information content (AvgIpc) is 2.84. The van der Waals surface area contributed by atoms with Crippen molar-refractivity contribution in [1.82, 2.24) is 15.2 Å². The third-order valence-electron chi connectivity index (χ3n) is 7.63. The topological polar surface area (TPSA) is 97.9 Å². The van der Waals surface area contributed by atoms with Gasteiger partial charge < -0.3 is 24.6 Å². The van der Waals surface area contributed by atoms with Gasteiger partial charge in [-0.05, 0) is 103 Å². The van der Waals surface area contributed by atoms with E-state index in [4.69, 9.17) is 16.3 Å². The van der Waals surface area contributed by atoms with Crippen molar-refractivity contribution in [2.45, 2.75) is 105 Å². The highest BCUT2D eigenvalue weighted by Gasteiger charge is 2.32. The van der Waals surface area contributed by atoms with Crippen molar-refractivity contribution < 1.29 is 14.6 Å². The van der Waals surface area contributed by atoms with E-state index in [0.29, 0.717) is 22.2 Å². The van der Waals surface area contributed by atoms with E-state index in [1.54, 1.807) is 11.0 Å². The van der Waals surface area contributed by atoms with Gasteiger partial charge in [-0.25, -0.2) is 4.79 Å². The summed E-state index contributed by atoms with van der Waals surface area (Å²) in [6, 6.07) is 6.11. The lowest BCUT2D eigenvalue weighted by Crippen LogP contribution is -2.46. The number of aryl methyl sites for hydroxylation is 2. The summed E-state index contributed by atoms with van der Waals surface area (Å²) in [6.07, 6.45) is 2.38. The summed E-state index contributed by atoms with van der Waals surface area (Å²) in [6.45, 7) is 14.5. The van der Waals surface area contributed by atoms with Crippen molar-refractivity contribution in [3.8, 4) is 0 Å². The Labute approximate surface area is 237 Å². The predicted molar refractivity (Wildman–Crippen MR) is 158 cm³/mol. The SMILES string of the molecule is CCN(c1cc(Cl)cc(C(O)NCc2c(C)cc(C)[nH]c2=O)c1C)C1CCC(N(C)C(=O)OC(C)(C)C)CC1. The van der Waals surface area contributed by atoms with Gasteiger partial charge in [-0.2, -0.15) is 0 Å². The second-order valence-corrected chi connectivity index (χ2v) is 12.1. The fourth-order valence-corrected chi connectivity index (χ4v) is 5.76. The highest BCUT2D eigenvalue weighted by atomic mass is 35.5. The van der Waals surface area contributed by atoms with Crippen molar-refractivity contribution in [1.29, 1.82) is 0 Å². The maximum absolute atomic E-state index is 12.6. The Kier molecular flexibility index (Phi) is 10.1. The number of carbonyl (C=O) groups excluding carboxylic acids is 1. The molecule has 0 bridgehead atoms. The third-order valence-corrected chi connectivity index (χ3v) is 7.85. The Morgan fingerprint density at radius 1 is 1.15 bits per heavy atom. The Bertz CT molecular complexity index is 1210. The number of halogens is 1. The molecular weight excluding hydrogens is 516 g/mol. The number of hydrogen-bond acceptors (Lipinski definition) is 6. The Morgan fingerprint density at radius 2 is 1.77 bits per heavy atom. The van der Waals surface area contributed by atoms with Crippen molar-refractivity contribution in [2.24, 2.45) is 0 Å². The van der Waals surface area contributed by atoms with Gasteiger partial charge in [-0.3, -0.25) is 10.1 Å². The van der Waals surface area contributed by atoms with Gasteiger partial charge in [0.2, 0.25) is 0 Å². The van der Waals surface area contributed by atoms with Crippen LogP contribution in [-0.4, -0.2) is 52.4 Å². The largest absolute Gasteiger partial charge is 0.444 e. The van der Waals surface area contributed by atoms with E-state index in [9.17, 15) is 14.7 Å². The maximum Gasteiger partial charge on any atom is 0.410 e. The molecule has 0 radical (unpaired) electrons. The lowest BCUT2D eigenvalue weighted by Gasteiger charge is -2.41. The summed E-state index contributed by atoms with van der Waals surface area (Å²) in [5, 5.41) is 14.7. The van der Waals surface area contributed by atoms with E-state index in [0.717, 1.165) is 54.7 Å². The number of aromatic amines is 1. The van der Waals surface area contributed by atoms with Gasteiger partial charge in [0.25, 0.3) is 5.56 Å². The second-order valence-electron chi connectivity index (χ2n) is 11.7. The maximum atomic E-state index is 12.6. The number of benzene rings is 1. The van der Waals surface area contributed by atoms with Crippen LogP contribution in [0.3, 0.4) is 0 Å². The molecule has 0 spiro atoms. The fourth-order valence-electron chi connectivity index (χ4n) is 5.54. The molecule has 1 heterocycles. The molecule has 1 fully saturated rings. The molecule has 1 aromatic carbocycles. The zero-order chi connectivity index (χ0) is 29.1. The number of ether oxygens (including phenoxy) is 1. The molecule has 1 amide bonds. The molecule has 2 aromatic rings. The normalized spacial score (nSPS) is 18.5. The first kappa shape index (κ1) is 31.0. The van der Waals surface area contributed by atoms with Crippen LogP contribution in [0.2, 0.25) is 5.02 Å². The van der Waals surface area contributed by atoms with Crippen LogP contribution in [0.25, 0.3) is 0 Å². The van der Waals surface area contributed by atoms with Crippen LogP contribution in [-0.2, 0) is 11.3 Å². The van der Waals surface area contributed by atoms with Gasteiger partial charge in [0.05, 0.1) is 0 Å². The van der Waals surface area contributed by atoms with Crippen LogP contribution in [0.4, 0.5) is 10.5 Å². The van der Waals surface area contributed by atoms with Gasteiger partial charge >= 0.3 is 6.09 Å². The Hall–Kier alpha value is -2.55. The van der Waals surface area contributed by atoms with Gasteiger partial charge in [0.15, 0.2) is 0 Å². The minimum absolute atomic E-state index is 0.144. The highest BCUT2D eigenvalue weighted by Crippen LogP contribution is 2.36. The van der Waals surface area contributed by atoms with Crippen molar-refractivity contribution in [2.75, 3.05) is 18.5 Å². The predicted octanol–water partition coefficient (Wildman–Crippen LogP) is 5.74. The van der Waals surface area contributed by atoms with Crippen molar-refractivity contribution >= 4 is 23.4 Å². The molecule has 1 unspecified atom stereocenters. The quantitative estimate of drug-likeness (QED) is 0.356. The van der Waals surface area contributed by atoms with Crippen molar-refractivity contribution in [3.05, 3.63) is 61.5 Å². The molecule has 3 rings (SSSR count).